The fourth-order valence-corrected chi connectivity index (χ4v) is 1.44. The minimum atomic E-state index is -0.312. The average Bonchev–Trinajstić information content (AvgIpc) is 2.68. The van der Waals surface area contributed by atoms with Gasteiger partial charge in [-0.25, -0.2) is 4.39 Å². The predicted octanol–water partition coefficient (Wildman–Crippen LogP) is 1.59. The van der Waals surface area contributed by atoms with Crippen molar-refractivity contribution >= 4 is 5.69 Å². The molecule has 0 spiro atoms. The second-order valence-electron chi connectivity index (χ2n) is 3.70. The van der Waals surface area contributed by atoms with E-state index in [2.05, 4.69) is 10.1 Å². The van der Waals surface area contributed by atoms with Gasteiger partial charge in [-0.1, -0.05) is 0 Å². The Bertz CT molecular complexity index is 463. The topological polar surface area (TPSA) is 34.0 Å². The molecule has 5 heteroatoms. The Balaban J connectivity index is 2.07. The van der Waals surface area contributed by atoms with Crippen molar-refractivity contribution in [3.8, 4) is 0 Å². The molecule has 0 atom stereocenters. The zero-order valence-corrected chi connectivity index (χ0v) is 9.26. The minimum absolute atomic E-state index is 0.312. The fourth-order valence-electron chi connectivity index (χ4n) is 1.44. The van der Waals surface area contributed by atoms with Crippen molar-refractivity contribution in [3.05, 3.63) is 42.2 Å². The van der Waals surface area contributed by atoms with E-state index in [1.54, 1.807) is 16.9 Å². The zero-order chi connectivity index (χ0) is 11.5. The molecule has 16 heavy (non-hydrogen) atoms. The van der Waals surface area contributed by atoms with Gasteiger partial charge in [0.25, 0.3) is 0 Å². The maximum Gasteiger partial charge on any atom is 0.141 e. The molecular weight excluding hydrogens is 207 g/mol. The van der Waals surface area contributed by atoms with Gasteiger partial charge in [0, 0.05) is 20.3 Å². The van der Waals surface area contributed by atoms with Crippen molar-refractivity contribution in [2.45, 2.75) is 6.54 Å². The minimum Gasteiger partial charge on any atom is -0.366 e. The monoisotopic (exact) mass is 220 g/mol. The first-order valence-electron chi connectivity index (χ1n) is 4.95. The highest BCUT2D eigenvalue weighted by molar-refractivity contribution is 5.41. The summed E-state index contributed by atoms with van der Waals surface area (Å²) < 4.78 is 14.4. The van der Waals surface area contributed by atoms with E-state index in [9.17, 15) is 4.39 Å². The molecular formula is C11H13FN4. The molecule has 0 aliphatic carbocycles. The normalized spacial score (nSPS) is 10.4. The molecule has 2 heterocycles. The van der Waals surface area contributed by atoms with Crippen LogP contribution < -0.4 is 4.90 Å². The summed E-state index contributed by atoms with van der Waals surface area (Å²) in [5.74, 6) is -0.312. The van der Waals surface area contributed by atoms with E-state index >= 15 is 0 Å². The maximum atomic E-state index is 12.7. The second kappa shape index (κ2) is 4.30. The van der Waals surface area contributed by atoms with Crippen molar-refractivity contribution in [2.75, 3.05) is 11.9 Å². The highest BCUT2D eigenvalue weighted by atomic mass is 19.1. The Hall–Kier alpha value is -1.91. The van der Waals surface area contributed by atoms with Crippen molar-refractivity contribution in [1.29, 1.82) is 0 Å². The number of hydrogen-bond acceptors (Lipinski definition) is 3. The Morgan fingerprint density at radius 2 is 2.19 bits per heavy atom. The third kappa shape index (κ3) is 2.36. The molecule has 2 aromatic rings. The molecule has 0 aliphatic rings. The van der Waals surface area contributed by atoms with Crippen LogP contribution in [0.25, 0.3) is 0 Å². The van der Waals surface area contributed by atoms with Gasteiger partial charge in [0.15, 0.2) is 0 Å². The van der Waals surface area contributed by atoms with Crippen LogP contribution in [0, 0.1) is 5.82 Å². The van der Waals surface area contributed by atoms with Gasteiger partial charge >= 0.3 is 0 Å². The number of anilines is 1. The van der Waals surface area contributed by atoms with Crippen molar-refractivity contribution in [2.24, 2.45) is 7.05 Å². The first-order valence-corrected chi connectivity index (χ1v) is 4.95. The summed E-state index contributed by atoms with van der Waals surface area (Å²) in [6.07, 6.45) is 4.93. The van der Waals surface area contributed by atoms with Gasteiger partial charge in [-0.3, -0.25) is 9.67 Å². The summed E-state index contributed by atoms with van der Waals surface area (Å²) in [5.41, 5.74) is 1.83. The molecule has 0 aromatic carbocycles. The van der Waals surface area contributed by atoms with Crippen LogP contribution in [0.5, 0.6) is 0 Å². The molecule has 0 amide bonds. The number of rotatable bonds is 3. The van der Waals surface area contributed by atoms with Crippen molar-refractivity contribution in [1.82, 2.24) is 14.8 Å². The van der Waals surface area contributed by atoms with Gasteiger partial charge < -0.3 is 4.90 Å². The quantitative estimate of drug-likeness (QED) is 0.787. The number of halogens is 1. The lowest BCUT2D eigenvalue weighted by atomic mass is 10.3. The highest BCUT2D eigenvalue weighted by Gasteiger charge is 2.04. The molecule has 2 rings (SSSR count). The standard InChI is InChI=1S/C11H13FN4/c1-15(11-6-14-16(2)8-11)7-10-4-3-9(12)5-13-10/h3-6,8H,7H2,1-2H3. The van der Waals surface area contributed by atoms with E-state index in [1.165, 1.54) is 12.3 Å². The smallest absolute Gasteiger partial charge is 0.141 e. The summed E-state index contributed by atoms with van der Waals surface area (Å²) >= 11 is 0. The van der Waals surface area contributed by atoms with E-state index < -0.39 is 0 Å². The lowest BCUT2D eigenvalue weighted by Gasteiger charge is -2.15. The van der Waals surface area contributed by atoms with Crippen molar-refractivity contribution < 1.29 is 4.39 Å². The molecule has 0 bridgehead atoms. The summed E-state index contributed by atoms with van der Waals surface area (Å²) in [5, 5.41) is 4.09. The molecule has 0 saturated heterocycles. The molecule has 0 radical (unpaired) electrons. The van der Waals surface area contributed by atoms with E-state index in [4.69, 9.17) is 0 Å². The fraction of sp³-hybridized carbons (Fsp3) is 0.273. The summed E-state index contributed by atoms with van der Waals surface area (Å²) in [6, 6.07) is 3.10. The zero-order valence-electron chi connectivity index (χ0n) is 9.26. The van der Waals surface area contributed by atoms with E-state index in [1.807, 2.05) is 25.2 Å². The largest absolute Gasteiger partial charge is 0.366 e. The predicted molar refractivity (Wildman–Crippen MR) is 59.5 cm³/mol. The van der Waals surface area contributed by atoms with Crippen LogP contribution in [0.15, 0.2) is 30.7 Å². The number of pyridine rings is 1. The Labute approximate surface area is 93.3 Å². The third-order valence-corrected chi connectivity index (χ3v) is 2.32. The molecule has 84 valence electrons. The van der Waals surface area contributed by atoms with Crippen LogP contribution in [0.3, 0.4) is 0 Å². The summed E-state index contributed by atoms with van der Waals surface area (Å²) in [6.45, 7) is 0.631. The molecule has 2 aromatic heterocycles. The van der Waals surface area contributed by atoms with Crippen LogP contribution in [0.4, 0.5) is 10.1 Å². The lowest BCUT2D eigenvalue weighted by molar-refractivity contribution is 0.618. The van der Waals surface area contributed by atoms with Gasteiger partial charge in [-0.05, 0) is 12.1 Å². The summed E-state index contributed by atoms with van der Waals surface area (Å²) in [7, 11) is 3.82. The van der Waals surface area contributed by atoms with Gasteiger partial charge in [0.2, 0.25) is 0 Å². The second-order valence-corrected chi connectivity index (χ2v) is 3.70. The number of hydrogen-bond donors (Lipinski definition) is 0. The molecule has 0 aliphatic heterocycles. The maximum absolute atomic E-state index is 12.7. The number of aryl methyl sites for hydroxylation is 1. The van der Waals surface area contributed by atoms with E-state index in [-0.39, 0.29) is 5.82 Å². The van der Waals surface area contributed by atoms with E-state index in [0.29, 0.717) is 6.54 Å². The Morgan fingerprint density at radius 1 is 1.38 bits per heavy atom. The number of aromatic nitrogens is 3. The average molecular weight is 220 g/mol. The molecule has 0 fully saturated rings. The highest BCUT2D eigenvalue weighted by Crippen LogP contribution is 2.12. The van der Waals surface area contributed by atoms with Crippen LogP contribution in [0.2, 0.25) is 0 Å². The Kier molecular flexibility index (Phi) is 2.85. The third-order valence-electron chi connectivity index (χ3n) is 2.32. The molecule has 0 saturated carbocycles. The Morgan fingerprint density at radius 3 is 2.75 bits per heavy atom. The van der Waals surface area contributed by atoms with Crippen LogP contribution in [-0.4, -0.2) is 21.8 Å². The SMILES string of the molecule is CN(Cc1ccc(F)cn1)c1cnn(C)c1. The molecule has 0 N–H and O–H groups in total. The van der Waals surface area contributed by atoms with Gasteiger partial charge in [0.05, 0.1) is 30.3 Å². The van der Waals surface area contributed by atoms with Crippen LogP contribution in [-0.2, 0) is 13.6 Å². The molecule has 0 unspecified atom stereocenters. The van der Waals surface area contributed by atoms with Crippen LogP contribution >= 0.6 is 0 Å². The van der Waals surface area contributed by atoms with Crippen molar-refractivity contribution in [3.63, 3.8) is 0 Å². The molecule has 4 nitrogen and oxygen atoms in total. The number of nitrogens with zero attached hydrogens (tertiary/aromatic N) is 4. The van der Waals surface area contributed by atoms with Gasteiger partial charge in [-0.15, -0.1) is 0 Å². The van der Waals surface area contributed by atoms with E-state index in [0.717, 1.165) is 11.4 Å². The first-order chi connectivity index (χ1) is 7.65. The van der Waals surface area contributed by atoms with Gasteiger partial charge in [0.1, 0.15) is 5.82 Å². The van der Waals surface area contributed by atoms with Crippen LogP contribution in [0.1, 0.15) is 5.69 Å². The lowest BCUT2D eigenvalue weighted by Crippen LogP contribution is -2.16. The summed E-state index contributed by atoms with van der Waals surface area (Å²) in [4.78, 5) is 6.01. The first kappa shape index (κ1) is 10.6. The van der Waals surface area contributed by atoms with Gasteiger partial charge in [-0.2, -0.15) is 5.10 Å².